The van der Waals surface area contributed by atoms with Gasteiger partial charge in [0.2, 0.25) is 0 Å². The number of aryl methyl sites for hydroxylation is 1. The number of thioether (sulfide) groups is 1. The Morgan fingerprint density at radius 1 is 1.31 bits per heavy atom. The second-order valence-corrected chi connectivity index (χ2v) is 5.40. The van der Waals surface area contributed by atoms with E-state index in [1.807, 2.05) is 23.9 Å². The van der Waals surface area contributed by atoms with Crippen LogP contribution in [0.5, 0.6) is 5.75 Å². The van der Waals surface area contributed by atoms with Crippen molar-refractivity contribution >= 4 is 11.8 Å². The van der Waals surface area contributed by atoms with Gasteiger partial charge in [-0.15, -0.1) is 0 Å². The number of aliphatic hydroxyl groups excluding tert-OH is 1. The molecule has 0 radical (unpaired) electrons. The molecule has 0 bridgehead atoms. The van der Waals surface area contributed by atoms with Gasteiger partial charge in [0, 0.05) is 17.6 Å². The highest BCUT2D eigenvalue weighted by Crippen LogP contribution is 2.15. The number of aliphatic hydroxyl groups is 1. The summed E-state index contributed by atoms with van der Waals surface area (Å²) in [6.45, 7) is 5.19. The van der Waals surface area contributed by atoms with Gasteiger partial charge < -0.3 is 9.84 Å². The van der Waals surface area contributed by atoms with Crippen LogP contribution >= 0.6 is 11.8 Å². The Labute approximate surface area is 102 Å². The molecule has 1 atom stereocenters. The topological polar surface area (TPSA) is 29.5 Å². The van der Waals surface area contributed by atoms with Gasteiger partial charge in [-0.3, -0.25) is 0 Å². The standard InChI is InChI=1S/C13H20O2S/c1-11-3-5-13(6-4-11)15-9-10-16-12(2)7-8-14/h3-6,12,14H,7-10H2,1-2H3. The van der Waals surface area contributed by atoms with Crippen LogP contribution in [0.4, 0.5) is 0 Å². The highest BCUT2D eigenvalue weighted by atomic mass is 32.2. The Morgan fingerprint density at radius 3 is 2.62 bits per heavy atom. The van der Waals surface area contributed by atoms with Crippen LogP contribution in [0.3, 0.4) is 0 Å². The van der Waals surface area contributed by atoms with Gasteiger partial charge in [-0.2, -0.15) is 11.8 Å². The van der Waals surface area contributed by atoms with Gasteiger partial charge in [0.05, 0.1) is 6.61 Å². The lowest BCUT2D eigenvalue weighted by Crippen LogP contribution is -2.06. The van der Waals surface area contributed by atoms with Crippen molar-refractivity contribution < 1.29 is 9.84 Å². The number of ether oxygens (including phenoxy) is 1. The van der Waals surface area contributed by atoms with E-state index in [0.29, 0.717) is 5.25 Å². The molecular weight excluding hydrogens is 220 g/mol. The Balaban J connectivity index is 2.13. The van der Waals surface area contributed by atoms with E-state index in [0.717, 1.165) is 24.5 Å². The maximum absolute atomic E-state index is 8.75. The molecule has 90 valence electrons. The molecule has 3 heteroatoms. The number of rotatable bonds is 7. The molecule has 1 aromatic carbocycles. The molecule has 0 aliphatic heterocycles. The van der Waals surface area contributed by atoms with E-state index in [9.17, 15) is 0 Å². The molecule has 0 amide bonds. The van der Waals surface area contributed by atoms with Crippen LogP contribution in [0, 0.1) is 6.92 Å². The van der Waals surface area contributed by atoms with Crippen molar-refractivity contribution in [3.63, 3.8) is 0 Å². The first kappa shape index (κ1) is 13.4. The molecule has 0 spiro atoms. The molecule has 2 nitrogen and oxygen atoms in total. The van der Waals surface area contributed by atoms with Crippen LogP contribution in [-0.2, 0) is 0 Å². The van der Waals surface area contributed by atoms with Crippen molar-refractivity contribution in [1.82, 2.24) is 0 Å². The first-order chi connectivity index (χ1) is 7.72. The molecule has 1 aromatic rings. The number of hydrogen-bond donors (Lipinski definition) is 1. The molecule has 1 unspecified atom stereocenters. The maximum Gasteiger partial charge on any atom is 0.119 e. The third-order valence-electron chi connectivity index (χ3n) is 2.31. The molecule has 1 N–H and O–H groups in total. The summed E-state index contributed by atoms with van der Waals surface area (Å²) in [5, 5.41) is 9.26. The van der Waals surface area contributed by atoms with E-state index in [1.54, 1.807) is 0 Å². The Bertz CT molecular complexity index is 284. The summed E-state index contributed by atoms with van der Waals surface area (Å²) in [5.74, 6) is 1.90. The smallest absolute Gasteiger partial charge is 0.119 e. The molecule has 1 rings (SSSR count). The van der Waals surface area contributed by atoms with Crippen LogP contribution in [0.25, 0.3) is 0 Å². The predicted octanol–water partition coefficient (Wildman–Crippen LogP) is 2.88. The Hall–Kier alpha value is -0.670. The number of benzene rings is 1. The molecule has 0 aliphatic rings. The second kappa shape index (κ2) is 7.58. The Morgan fingerprint density at radius 2 is 2.00 bits per heavy atom. The summed E-state index contributed by atoms with van der Waals surface area (Å²) in [6.07, 6.45) is 0.856. The van der Waals surface area contributed by atoms with Crippen LogP contribution < -0.4 is 4.74 Å². The molecule has 16 heavy (non-hydrogen) atoms. The predicted molar refractivity (Wildman–Crippen MR) is 70.3 cm³/mol. The highest BCUT2D eigenvalue weighted by molar-refractivity contribution is 7.99. The largest absolute Gasteiger partial charge is 0.493 e. The Kier molecular flexibility index (Phi) is 6.34. The van der Waals surface area contributed by atoms with E-state index in [-0.39, 0.29) is 6.61 Å². The van der Waals surface area contributed by atoms with Gasteiger partial charge in [-0.05, 0) is 25.5 Å². The monoisotopic (exact) mass is 240 g/mol. The van der Waals surface area contributed by atoms with E-state index >= 15 is 0 Å². The summed E-state index contributed by atoms with van der Waals surface area (Å²) in [6, 6.07) is 8.10. The fourth-order valence-electron chi connectivity index (χ4n) is 1.31. The summed E-state index contributed by atoms with van der Waals surface area (Å²) in [5.41, 5.74) is 1.25. The van der Waals surface area contributed by atoms with E-state index in [4.69, 9.17) is 9.84 Å². The van der Waals surface area contributed by atoms with E-state index < -0.39 is 0 Å². The van der Waals surface area contributed by atoms with Crippen molar-refractivity contribution in [1.29, 1.82) is 0 Å². The first-order valence-corrected chi connectivity index (χ1v) is 6.69. The molecule has 0 heterocycles. The van der Waals surface area contributed by atoms with Gasteiger partial charge in [-0.25, -0.2) is 0 Å². The van der Waals surface area contributed by atoms with Crippen LogP contribution in [0.2, 0.25) is 0 Å². The minimum atomic E-state index is 0.271. The molecular formula is C13H20O2S. The first-order valence-electron chi connectivity index (χ1n) is 5.64. The van der Waals surface area contributed by atoms with Crippen LogP contribution in [0.15, 0.2) is 24.3 Å². The van der Waals surface area contributed by atoms with Gasteiger partial charge in [0.15, 0.2) is 0 Å². The average molecular weight is 240 g/mol. The molecule has 0 fully saturated rings. The molecule has 0 saturated heterocycles. The van der Waals surface area contributed by atoms with E-state index in [2.05, 4.69) is 26.0 Å². The van der Waals surface area contributed by atoms with Crippen molar-refractivity contribution in [3.05, 3.63) is 29.8 Å². The second-order valence-electron chi connectivity index (χ2n) is 3.86. The lowest BCUT2D eigenvalue weighted by Gasteiger charge is -2.10. The van der Waals surface area contributed by atoms with E-state index in [1.165, 1.54) is 5.56 Å². The minimum absolute atomic E-state index is 0.271. The number of hydrogen-bond acceptors (Lipinski definition) is 3. The minimum Gasteiger partial charge on any atom is -0.493 e. The van der Waals surface area contributed by atoms with Crippen molar-refractivity contribution in [2.75, 3.05) is 19.0 Å². The van der Waals surface area contributed by atoms with Gasteiger partial charge >= 0.3 is 0 Å². The van der Waals surface area contributed by atoms with Gasteiger partial charge in [-0.1, -0.05) is 24.6 Å². The van der Waals surface area contributed by atoms with Gasteiger partial charge in [0.25, 0.3) is 0 Å². The average Bonchev–Trinajstić information content (AvgIpc) is 2.27. The van der Waals surface area contributed by atoms with Crippen LogP contribution in [-0.4, -0.2) is 29.3 Å². The third kappa shape index (κ3) is 5.42. The summed E-state index contributed by atoms with van der Waals surface area (Å²) < 4.78 is 5.61. The van der Waals surface area contributed by atoms with Crippen LogP contribution in [0.1, 0.15) is 18.9 Å². The fraction of sp³-hybridized carbons (Fsp3) is 0.538. The maximum atomic E-state index is 8.75. The summed E-state index contributed by atoms with van der Waals surface area (Å²) >= 11 is 1.84. The fourth-order valence-corrected chi connectivity index (χ4v) is 2.16. The lowest BCUT2D eigenvalue weighted by atomic mass is 10.2. The molecule has 0 aliphatic carbocycles. The SMILES string of the molecule is Cc1ccc(OCCSC(C)CCO)cc1. The van der Waals surface area contributed by atoms with Crippen molar-refractivity contribution in [2.45, 2.75) is 25.5 Å². The zero-order valence-corrected chi connectivity index (χ0v) is 10.8. The normalized spacial score (nSPS) is 12.4. The van der Waals surface area contributed by atoms with Crippen molar-refractivity contribution in [3.8, 4) is 5.75 Å². The lowest BCUT2D eigenvalue weighted by molar-refractivity contribution is 0.288. The van der Waals surface area contributed by atoms with Gasteiger partial charge in [0.1, 0.15) is 5.75 Å². The third-order valence-corrected chi connectivity index (χ3v) is 3.52. The zero-order chi connectivity index (χ0) is 11.8. The molecule has 0 aromatic heterocycles. The quantitative estimate of drug-likeness (QED) is 0.743. The zero-order valence-electron chi connectivity index (χ0n) is 9.98. The highest BCUT2D eigenvalue weighted by Gasteiger charge is 2.01. The summed E-state index contributed by atoms with van der Waals surface area (Å²) in [7, 11) is 0. The molecule has 0 saturated carbocycles. The van der Waals surface area contributed by atoms with Crippen molar-refractivity contribution in [2.24, 2.45) is 0 Å². The summed E-state index contributed by atoms with van der Waals surface area (Å²) in [4.78, 5) is 0.